The molecule has 4 N–H and O–H groups in total. The van der Waals surface area contributed by atoms with Crippen LogP contribution in [-0.2, 0) is 0 Å². The molecule has 0 aliphatic carbocycles. The minimum atomic E-state index is -0.0589. The molecule has 0 bridgehead atoms. The molecule has 1 atom stereocenters. The predicted octanol–water partition coefficient (Wildman–Crippen LogP) is -3.29. The molecule has 2 nitrogen and oxygen atoms in total. The van der Waals surface area contributed by atoms with Crippen LogP contribution >= 0.6 is 22.6 Å². The maximum absolute atomic E-state index is 5.63. The van der Waals surface area contributed by atoms with Crippen molar-refractivity contribution in [1.29, 1.82) is 0 Å². The predicted molar refractivity (Wildman–Crippen MR) is 35.9 cm³/mol. The van der Waals surface area contributed by atoms with Gasteiger partial charge in [-0.1, -0.05) is 0 Å². The summed E-state index contributed by atoms with van der Waals surface area (Å²) < 4.78 is -0.0589. The van der Waals surface area contributed by atoms with Gasteiger partial charge in [0, 0.05) is 0 Å². The van der Waals surface area contributed by atoms with E-state index in [1.807, 2.05) is 0 Å². The van der Waals surface area contributed by atoms with E-state index < -0.39 is 0 Å². The fraction of sp³-hybridized carbons (Fsp3) is 1.00. The molecule has 0 radical (unpaired) electrons. The average Bonchev–Trinajstić information content (AvgIpc) is 1.68. The van der Waals surface area contributed by atoms with Crippen molar-refractivity contribution >= 4 is 22.6 Å². The van der Waals surface area contributed by atoms with E-state index in [0.717, 1.165) is 0 Å². The van der Waals surface area contributed by atoms with Crippen LogP contribution < -0.4 is 32.7 Å². The zero-order valence-electron chi connectivity index (χ0n) is 4.12. The van der Waals surface area contributed by atoms with Gasteiger partial charge in [-0.15, -0.1) is 0 Å². The molecule has 0 saturated heterocycles. The molecular formula is C3H9I2N2-. The van der Waals surface area contributed by atoms with Gasteiger partial charge >= 0.3 is 68.3 Å². The topological polar surface area (TPSA) is 52.0 Å². The maximum atomic E-state index is 5.63. The summed E-state index contributed by atoms with van der Waals surface area (Å²) in [6.45, 7) is 0.608. The van der Waals surface area contributed by atoms with Gasteiger partial charge in [0.15, 0.2) is 0 Å². The second kappa shape index (κ2) is 3.41. The van der Waals surface area contributed by atoms with Gasteiger partial charge in [-0.25, -0.2) is 0 Å². The van der Waals surface area contributed by atoms with Crippen molar-refractivity contribution in [3.05, 3.63) is 0 Å². The van der Waals surface area contributed by atoms with Crippen LogP contribution in [0.2, 0.25) is 0 Å². The van der Waals surface area contributed by atoms with Crippen molar-refractivity contribution in [3.8, 4) is 0 Å². The van der Waals surface area contributed by atoms with E-state index >= 15 is 0 Å². The van der Waals surface area contributed by atoms with Crippen LogP contribution in [0.25, 0.3) is 0 Å². The van der Waals surface area contributed by atoms with Crippen LogP contribution in [0, 0.1) is 0 Å². The number of nitrogens with two attached hydrogens (primary N) is 2. The molecule has 0 aromatic heterocycles. The molecule has 4 heteroatoms. The summed E-state index contributed by atoms with van der Waals surface area (Å²) in [5.41, 5.74) is 10.9. The summed E-state index contributed by atoms with van der Waals surface area (Å²) in [5, 5.41) is 0. The average molecular weight is 327 g/mol. The third-order valence-electron chi connectivity index (χ3n) is 0.586. The molecule has 0 heterocycles. The quantitative estimate of drug-likeness (QED) is 0.317. The fourth-order valence-corrected chi connectivity index (χ4v) is 0.518. The molecule has 46 valence electrons. The zero-order valence-corrected chi connectivity index (χ0v) is 8.43. The van der Waals surface area contributed by atoms with Gasteiger partial charge in [0.2, 0.25) is 0 Å². The summed E-state index contributed by atoms with van der Waals surface area (Å²) >= 11 is 2.31. The third kappa shape index (κ3) is 3.92. The first-order valence-corrected chi connectivity index (χ1v) is 6.12. The molecule has 0 aromatic rings. The van der Waals surface area contributed by atoms with E-state index in [2.05, 4.69) is 27.5 Å². The molecule has 0 fully saturated rings. The minimum absolute atomic E-state index is 0.0589. The van der Waals surface area contributed by atoms with Crippen LogP contribution in [0.4, 0.5) is 0 Å². The van der Waals surface area contributed by atoms with Gasteiger partial charge in [-0.05, 0) is 0 Å². The summed E-state index contributed by atoms with van der Waals surface area (Å²) in [6.07, 6.45) is 0. The molecular weight excluding hydrogens is 318 g/mol. The summed E-state index contributed by atoms with van der Waals surface area (Å²) in [4.78, 5) is 2.14. The third-order valence-corrected chi connectivity index (χ3v) is 6.00. The molecule has 0 saturated carbocycles. The Labute approximate surface area is 67.8 Å². The van der Waals surface area contributed by atoms with Crippen molar-refractivity contribution in [2.75, 3.05) is 11.5 Å². The fourth-order valence-electron chi connectivity index (χ4n) is 0.0772. The Balaban J connectivity index is 3.36. The van der Waals surface area contributed by atoms with Crippen LogP contribution in [0.1, 0.15) is 0 Å². The summed E-state index contributed by atoms with van der Waals surface area (Å²) in [5.74, 6) is 0. The van der Waals surface area contributed by atoms with Crippen LogP contribution in [0.15, 0.2) is 0 Å². The van der Waals surface area contributed by atoms with Crippen molar-refractivity contribution in [3.63, 3.8) is 0 Å². The van der Waals surface area contributed by atoms with Crippen LogP contribution in [0.5, 0.6) is 0 Å². The molecule has 0 aromatic carbocycles. The molecule has 0 rings (SSSR count). The van der Waals surface area contributed by atoms with E-state index in [0.29, 0.717) is 6.54 Å². The summed E-state index contributed by atoms with van der Waals surface area (Å²) in [7, 11) is 0. The normalized spacial score (nSPS) is 19.4. The first-order valence-electron chi connectivity index (χ1n) is 1.81. The number of halogens is 2. The van der Waals surface area contributed by atoms with Gasteiger partial charge < -0.3 is 0 Å². The number of alkyl halides is 3. The standard InChI is InChI=1S/C3H9I2N2/c1-5-3(4,7)2-6/h2,6-7H2,1H3/q-1. The number of rotatable bonds is 2. The van der Waals surface area contributed by atoms with E-state index in [-0.39, 0.29) is 22.8 Å². The Morgan fingerprint density at radius 3 is 2.29 bits per heavy atom. The zero-order chi connectivity index (χ0) is 5.91. The summed E-state index contributed by atoms with van der Waals surface area (Å²) in [6, 6.07) is 0. The van der Waals surface area contributed by atoms with Crippen molar-refractivity contribution in [1.82, 2.24) is 0 Å². The van der Waals surface area contributed by atoms with Gasteiger partial charge in [0.05, 0.1) is 0 Å². The van der Waals surface area contributed by atoms with Crippen LogP contribution in [-0.4, -0.2) is 13.0 Å². The first kappa shape index (κ1) is 8.38. The molecule has 0 aliphatic rings. The molecule has 7 heavy (non-hydrogen) atoms. The number of hydrogen-bond donors (Lipinski definition) is 2. The van der Waals surface area contributed by atoms with Gasteiger partial charge in [-0.3, -0.25) is 0 Å². The van der Waals surface area contributed by atoms with Gasteiger partial charge in [0.1, 0.15) is 0 Å². The Morgan fingerprint density at radius 2 is 2.29 bits per heavy atom. The first-order chi connectivity index (χ1) is 3.12. The second-order valence-corrected chi connectivity index (χ2v) is 8.15. The Hall–Kier alpha value is 1.38. The van der Waals surface area contributed by atoms with Crippen LogP contribution in [0.3, 0.4) is 0 Å². The Bertz CT molecular complexity index is 48.9. The molecule has 1 unspecified atom stereocenters. The van der Waals surface area contributed by atoms with Gasteiger partial charge in [0.25, 0.3) is 0 Å². The van der Waals surface area contributed by atoms with Crippen molar-refractivity contribution in [2.24, 2.45) is 11.5 Å². The van der Waals surface area contributed by atoms with Crippen molar-refractivity contribution < 1.29 is 21.2 Å². The Kier molecular flexibility index (Phi) is 4.09. The van der Waals surface area contributed by atoms with E-state index in [1.54, 1.807) is 0 Å². The van der Waals surface area contributed by atoms with Gasteiger partial charge in [-0.2, -0.15) is 0 Å². The second-order valence-electron chi connectivity index (χ2n) is 1.15. The van der Waals surface area contributed by atoms with Crippen molar-refractivity contribution in [2.45, 2.75) is 1.55 Å². The molecule has 0 aliphatic heterocycles. The SMILES string of the molecule is C[I-]C(N)(I)CN. The molecule has 0 amide bonds. The molecule has 0 spiro atoms. The number of hydrogen-bond acceptors (Lipinski definition) is 2. The monoisotopic (exact) mass is 327 g/mol. The van der Waals surface area contributed by atoms with E-state index in [9.17, 15) is 0 Å². The van der Waals surface area contributed by atoms with E-state index in [4.69, 9.17) is 11.5 Å². The van der Waals surface area contributed by atoms with E-state index in [1.165, 1.54) is 0 Å². The Morgan fingerprint density at radius 1 is 1.86 bits per heavy atom.